The number of rotatable bonds is 5. The number of benzene rings is 2. The molecule has 4 aromatic rings. The summed E-state index contributed by atoms with van der Waals surface area (Å²) >= 11 is 6.89. The molecule has 4 rings (SSSR count). The summed E-state index contributed by atoms with van der Waals surface area (Å²) in [5.41, 5.74) is 1.77. The molecule has 2 heterocycles. The summed E-state index contributed by atoms with van der Waals surface area (Å²) in [5, 5.41) is 20.7. The molecule has 0 aliphatic heterocycles. The van der Waals surface area contributed by atoms with Gasteiger partial charge in [0.15, 0.2) is 0 Å². The van der Waals surface area contributed by atoms with E-state index in [4.69, 9.17) is 12.2 Å². The van der Waals surface area contributed by atoms with E-state index in [0.29, 0.717) is 15.8 Å². The normalized spacial score (nSPS) is 10.9. The van der Waals surface area contributed by atoms with Crippen molar-refractivity contribution in [2.24, 2.45) is 0 Å². The van der Waals surface area contributed by atoms with Crippen molar-refractivity contribution in [3.05, 3.63) is 65.4 Å². The molecule has 2 aromatic heterocycles. The van der Waals surface area contributed by atoms with Crippen LogP contribution in [0.25, 0.3) is 11.4 Å². The Labute approximate surface area is 152 Å². The van der Waals surface area contributed by atoms with E-state index in [-0.39, 0.29) is 0 Å². The lowest BCUT2D eigenvalue weighted by Gasteiger charge is -2.03. The van der Waals surface area contributed by atoms with Crippen LogP contribution in [0, 0.1) is 4.77 Å². The molecular weight excluding hydrogens is 356 g/mol. The largest absolute Gasteiger partial charge is 0.221 e. The number of aromatic nitrogens is 8. The maximum Gasteiger partial charge on any atom is 0.221 e. The van der Waals surface area contributed by atoms with E-state index in [0.717, 1.165) is 11.4 Å². The Kier molecular flexibility index (Phi) is 4.36. The topological polar surface area (TPSA) is 79.2 Å². The molecule has 0 unspecified atom stereocenters. The Morgan fingerprint density at radius 2 is 1.44 bits per heavy atom. The van der Waals surface area contributed by atoms with Crippen molar-refractivity contribution in [2.45, 2.75) is 11.0 Å². The molecule has 0 aliphatic carbocycles. The van der Waals surface area contributed by atoms with Crippen LogP contribution in [0.4, 0.5) is 0 Å². The predicted molar refractivity (Wildman–Crippen MR) is 95.2 cm³/mol. The van der Waals surface area contributed by atoms with Gasteiger partial charge in [0.25, 0.3) is 0 Å². The van der Waals surface area contributed by atoms with Crippen molar-refractivity contribution < 1.29 is 0 Å². The fourth-order valence-corrected chi connectivity index (χ4v) is 3.30. The number of nitrogens with zero attached hydrogens (tertiary/aromatic N) is 8. The molecule has 0 saturated carbocycles. The van der Waals surface area contributed by atoms with Crippen molar-refractivity contribution in [3.8, 4) is 11.4 Å². The van der Waals surface area contributed by atoms with Crippen LogP contribution in [0.15, 0.2) is 65.8 Å². The van der Waals surface area contributed by atoms with E-state index < -0.39 is 0 Å². The molecular formula is C15H12N8S2. The van der Waals surface area contributed by atoms with Crippen LogP contribution in [0.2, 0.25) is 0 Å². The molecule has 0 atom stereocenters. The van der Waals surface area contributed by atoms with Crippen LogP contribution in [0.3, 0.4) is 0 Å². The molecule has 0 bridgehead atoms. The van der Waals surface area contributed by atoms with Crippen molar-refractivity contribution in [1.29, 1.82) is 0 Å². The Morgan fingerprint density at radius 1 is 0.800 bits per heavy atom. The summed E-state index contributed by atoms with van der Waals surface area (Å²) in [5.74, 6) is 0.457. The van der Waals surface area contributed by atoms with E-state index in [2.05, 4.69) is 26.0 Å². The maximum atomic E-state index is 5.46. The first-order valence-corrected chi connectivity index (χ1v) is 8.77. The second-order valence-corrected chi connectivity index (χ2v) is 6.27. The van der Waals surface area contributed by atoms with E-state index in [1.807, 2.05) is 60.7 Å². The molecule has 0 fully saturated rings. The summed E-state index contributed by atoms with van der Waals surface area (Å²) in [4.78, 5) is 0. The van der Waals surface area contributed by atoms with E-state index >= 15 is 0 Å². The molecule has 8 nitrogen and oxygen atoms in total. The lowest BCUT2D eigenvalue weighted by atomic mass is 10.3. The Morgan fingerprint density at radius 3 is 2.12 bits per heavy atom. The predicted octanol–water partition coefficient (Wildman–Crippen LogP) is 2.52. The van der Waals surface area contributed by atoms with Crippen LogP contribution < -0.4 is 0 Å². The maximum absolute atomic E-state index is 5.46. The molecule has 0 amide bonds. The summed E-state index contributed by atoms with van der Waals surface area (Å²) < 4.78 is 5.45. The molecule has 0 spiro atoms. The van der Waals surface area contributed by atoms with Gasteiger partial charge in [0, 0.05) is 0 Å². The van der Waals surface area contributed by atoms with Crippen molar-refractivity contribution in [1.82, 2.24) is 40.0 Å². The first kappa shape index (κ1) is 15.7. The smallest absolute Gasteiger partial charge is 0.207 e. The monoisotopic (exact) mass is 368 g/mol. The van der Waals surface area contributed by atoms with Gasteiger partial charge in [0.1, 0.15) is 0 Å². The summed E-state index contributed by atoms with van der Waals surface area (Å²) in [6.45, 7) is 0. The van der Waals surface area contributed by atoms with Crippen LogP contribution in [-0.2, 0) is 5.88 Å². The van der Waals surface area contributed by atoms with E-state index in [1.165, 1.54) is 11.8 Å². The number of hydrogen-bond donors (Lipinski definition) is 0. The first-order chi connectivity index (χ1) is 12.3. The zero-order valence-electron chi connectivity index (χ0n) is 12.9. The quantitative estimate of drug-likeness (QED) is 0.395. The third-order valence-electron chi connectivity index (χ3n) is 3.40. The fraction of sp³-hybridized carbons (Fsp3) is 0.0667. The average molecular weight is 368 g/mol. The summed E-state index contributed by atoms with van der Waals surface area (Å²) in [6.07, 6.45) is 0. The van der Waals surface area contributed by atoms with Gasteiger partial charge in [0.05, 0.1) is 17.3 Å². The Balaban J connectivity index is 1.55. The van der Waals surface area contributed by atoms with Crippen LogP contribution >= 0.6 is 24.0 Å². The molecule has 0 N–H and O–H groups in total. The van der Waals surface area contributed by atoms with Gasteiger partial charge in [-0.05, 0) is 57.3 Å². The van der Waals surface area contributed by atoms with Crippen molar-refractivity contribution in [3.63, 3.8) is 0 Å². The SMILES string of the molecule is S=c1n(CSc2nnnn2-c2ccccc2)nnn1-c1ccccc1. The molecule has 0 radical (unpaired) electrons. The van der Waals surface area contributed by atoms with Crippen LogP contribution in [0.5, 0.6) is 0 Å². The molecule has 2 aromatic carbocycles. The van der Waals surface area contributed by atoms with Gasteiger partial charge in [-0.3, -0.25) is 0 Å². The summed E-state index contributed by atoms with van der Waals surface area (Å²) in [6, 6.07) is 19.4. The lowest BCUT2D eigenvalue weighted by molar-refractivity contribution is 0.683. The van der Waals surface area contributed by atoms with Gasteiger partial charge in [-0.15, -0.1) is 5.10 Å². The zero-order valence-corrected chi connectivity index (χ0v) is 14.5. The standard InChI is InChI=1S/C15H12N8S2/c24-15-21(19-20-23(15)13-9-5-2-6-10-13)11-25-14-16-17-18-22(14)12-7-3-1-4-8-12/h1-10H,11H2. The fourth-order valence-electron chi connectivity index (χ4n) is 2.21. The second kappa shape index (κ2) is 6.95. The van der Waals surface area contributed by atoms with Gasteiger partial charge in [0.2, 0.25) is 9.93 Å². The minimum Gasteiger partial charge on any atom is -0.207 e. The summed E-state index contributed by atoms with van der Waals surface area (Å²) in [7, 11) is 0. The third-order valence-corrected chi connectivity index (χ3v) is 4.67. The van der Waals surface area contributed by atoms with Gasteiger partial charge >= 0.3 is 0 Å². The highest BCUT2D eigenvalue weighted by molar-refractivity contribution is 7.98. The zero-order chi connectivity index (χ0) is 17.1. The molecule has 0 aliphatic rings. The molecule has 124 valence electrons. The first-order valence-electron chi connectivity index (χ1n) is 7.38. The molecule has 10 heteroatoms. The number of tetrazole rings is 2. The minimum atomic E-state index is 0.457. The number of thioether (sulfide) groups is 1. The van der Waals surface area contributed by atoms with Crippen LogP contribution in [0.1, 0.15) is 0 Å². The molecule has 0 saturated heterocycles. The Bertz CT molecular complexity index is 1020. The minimum absolute atomic E-state index is 0.457. The third kappa shape index (κ3) is 3.21. The number of hydrogen-bond acceptors (Lipinski definition) is 7. The highest BCUT2D eigenvalue weighted by Crippen LogP contribution is 2.19. The average Bonchev–Trinajstić information content (AvgIpc) is 3.28. The molecule has 25 heavy (non-hydrogen) atoms. The van der Waals surface area contributed by atoms with Gasteiger partial charge in [-0.2, -0.15) is 9.36 Å². The van der Waals surface area contributed by atoms with Gasteiger partial charge in [-0.25, -0.2) is 4.68 Å². The highest BCUT2D eigenvalue weighted by Gasteiger charge is 2.11. The van der Waals surface area contributed by atoms with E-state index in [1.54, 1.807) is 14.0 Å². The highest BCUT2D eigenvalue weighted by atomic mass is 32.2. The van der Waals surface area contributed by atoms with Crippen molar-refractivity contribution in [2.75, 3.05) is 0 Å². The van der Waals surface area contributed by atoms with Gasteiger partial charge in [-0.1, -0.05) is 48.2 Å². The van der Waals surface area contributed by atoms with Crippen LogP contribution in [-0.4, -0.2) is 40.0 Å². The number of para-hydroxylation sites is 2. The van der Waals surface area contributed by atoms with Crippen molar-refractivity contribution >= 4 is 24.0 Å². The van der Waals surface area contributed by atoms with E-state index in [9.17, 15) is 0 Å². The second-order valence-electron chi connectivity index (χ2n) is 4.99. The van der Waals surface area contributed by atoms with Gasteiger partial charge < -0.3 is 0 Å². The Hall–Kier alpha value is -2.85. The lowest BCUT2D eigenvalue weighted by Crippen LogP contribution is -2.02.